The molecule has 1 unspecified atom stereocenters. The molecule has 1 aromatic carbocycles. The Kier molecular flexibility index (Phi) is 4.64. The first kappa shape index (κ1) is 18.1. The number of amides is 4. The van der Waals surface area contributed by atoms with Crippen LogP contribution in [-0.4, -0.2) is 58.7 Å². The van der Waals surface area contributed by atoms with E-state index < -0.39 is 42.2 Å². The molecule has 0 bridgehead atoms. The fraction of sp³-hybridized carbons (Fsp3) is 0.278. The minimum atomic E-state index is -1.15. The normalized spacial score (nSPS) is 18.8. The lowest BCUT2D eigenvalue weighted by Gasteiger charge is -2.28. The van der Waals surface area contributed by atoms with Crippen LogP contribution in [0.5, 0.6) is 0 Å². The SMILES string of the molecule is C#CCN(CC(=O)O)c1cccc2c1C(=O)N(C1CCC(=O)NC1=O)C2=O. The number of nitrogens with one attached hydrogen (secondary N) is 1. The largest absolute Gasteiger partial charge is 0.480 e. The number of carbonyl (C=O) groups excluding carboxylic acids is 4. The topological polar surface area (TPSA) is 124 Å². The van der Waals surface area contributed by atoms with E-state index in [2.05, 4.69) is 11.2 Å². The summed E-state index contributed by atoms with van der Waals surface area (Å²) < 4.78 is 0. The van der Waals surface area contributed by atoms with Crippen molar-refractivity contribution in [2.24, 2.45) is 0 Å². The number of terminal acetylenes is 1. The van der Waals surface area contributed by atoms with Crippen molar-refractivity contribution in [2.75, 3.05) is 18.0 Å². The molecule has 9 heteroatoms. The molecule has 2 aliphatic rings. The van der Waals surface area contributed by atoms with Gasteiger partial charge >= 0.3 is 5.97 Å². The summed E-state index contributed by atoms with van der Waals surface area (Å²) >= 11 is 0. The lowest BCUT2D eigenvalue weighted by molar-refractivity contribution is -0.137. The van der Waals surface area contributed by atoms with Crippen LogP contribution < -0.4 is 10.2 Å². The van der Waals surface area contributed by atoms with Gasteiger partial charge in [-0.25, -0.2) is 0 Å². The lowest BCUT2D eigenvalue weighted by Crippen LogP contribution is -2.54. The molecule has 27 heavy (non-hydrogen) atoms. The number of aliphatic carboxylic acids is 1. The second kappa shape index (κ2) is 6.92. The summed E-state index contributed by atoms with van der Waals surface area (Å²) in [4.78, 5) is 62.4. The summed E-state index contributed by atoms with van der Waals surface area (Å²) in [5.41, 5.74) is 0.277. The van der Waals surface area contributed by atoms with Crippen molar-refractivity contribution in [3.05, 3.63) is 29.3 Å². The third kappa shape index (κ3) is 3.13. The lowest BCUT2D eigenvalue weighted by atomic mass is 10.0. The number of carboxylic acids is 1. The number of piperidine rings is 1. The van der Waals surface area contributed by atoms with Crippen LogP contribution in [0.15, 0.2) is 18.2 Å². The predicted octanol–water partition coefficient (Wildman–Crippen LogP) is -0.388. The van der Waals surface area contributed by atoms with E-state index in [-0.39, 0.29) is 36.2 Å². The van der Waals surface area contributed by atoms with E-state index in [9.17, 15) is 24.0 Å². The molecule has 1 atom stereocenters. The van der Waals surface area contributed by atoms with Gasteiger partial charge in [0.15, 0.2) is 0 Å². The summed E-state index contributed by atoms with van der Waals surface area (Å²) in [5.74, 6) is -1.38. The molecule has 0 radical (unpaired) electrons. The van der Waals surface area contributed by atoms with Gasteiger partial charge in [0.25, 0.3) is 11.8 Å². The fourth-order valence-corrected chi connectivity index (χ4v) is 3.26. The summed E-state index contributed by atoms with van der Waals surface area (Å²) in [6, 6.07) is 3.35. The minimum Gasteiger partial charge on any atom is -0.480 e. The van der Waals surface area contributed by atoms with Gasteiger partial charge in [0.1, 0.15) is 12.6 Å². The van der Waals surface area contributed by atoms with Gasteiger partial charge in [-0.2, -0.15) is 0 Å². The van der Waals surface area contributed by atoms with Crippen molar-refractivity contribution in [1.29, 1.82) is 0 Å². The van der Waals surface area contributed by atoms with Gasteiger partial charge in [-0.15, -0.1) is 6.42 Å². The molecule has 2 N–H and O–H groups in total. The Labute approximate surface area is 153 Å². The van der Waals surface area contributed by atoms with Crippen molar-refractivity contribution < 1.29 is 29.1 Å². The molecule has 0 aliphatic carbocycles. The van der Waals surface area contributed by atoms with Crippen LogP contribution in [0.2, 0.25) is 0 Å². The Morgan fingerprint density at radius 2 is 2.04 bits per heavy atom. The Morgan fingerprint density at radius 1 is 1.30 bits per heavy atom. The van der Waals surface area contributed by atoms with Crippen molar-refractivity contribution in [3.8, 4) is 12.3 Å². The smallest absolute Gasteiger partial charge is 0.323 e. The number of carboxylic acid groups (broad SMARTS) is 1. The molecule has 1 aromatic rings. The molecular weight excluding hydrogens is 354 g/mol. The molecule has 0 saturated carbocycles. The second-order valence-electron chi connectivity index (χ2n) is 6.10. The Bertz CT molecular complexity index is 916. The zero-order valence-electron chi connectivity index (χ0n) is 14.1. The van der Waals surface area contributed by atoms with Crippen molar-refractivity contribution >= 4 is 35.3 Å². The molecule has 2 aliphatic heterocycles. The highest BCUT2D eigenvalue weighted by molar-refractivity contribution is 6.25. The van der Waals surface area contributed by atoms with Gasteiger partial charge in [-0.3, -0.25) is 34.2 Å². The highest BCUT2D eigenvalue weighted by atomic mass is 16.4. The number of imide groups is 2. The van der Waals surface area contributed by atoms with Gasteiger partial charge in [-0.1, -0.05) is 12.0 Å². The molecule has 0 aromatic heterocycles. The quantitative estimate of drug-likeness (QED) is 0.535. The Hall–Kier alpha value is -3.67. The number of fused-ring (bicyclic) bond motifs is 1. The van der Waals surface area contributed by atoms with Gasteiger partial charge < -0.3 is 10.0 Å². The number of carbonyl (C=O) groups is 5. The molecule has 0 spiro atoms. The van der Waals surface area contributed by atoms with Crippen LogP contribution in [0.25, 0.3) is 0 Å². The van der Waals surface area contributed by atoms with E-state index in [1.54, 1.807) is 0 Å². The molecule has 1 fully saturated rings. The molecule has 2 heterocycles. The Balaban J connectivity index is 2.01. The van der Waals surface area contributed by atoms with E-state index in [1.165, 1.54) is 23.1 Å². The number of benzene rings is 1. The molecule has 138 valence electrons. The number of anilines is 1. The van der Waals surface area contributed by atoms with Crippen molar-refractivity contribution in [3.63, 3.8) is 0 Å². The predicted molar refractivity (Wildman–Crippen MR) is 91.8 cm³/mol. The van der Waals surface area contributed by atoms with Crippen LogP contribution >= 0.6 is 0 Å². The van der Waals surface area contributed by atoms with Crippen LogP contribution in [-0.2, 0) is 14.4 Å². The zero-order valence-corrected chi connectivity index (χ0v) is 14.1. The molecular formula is C18H15N3O6. The minimum absolute atomic E-state index is 0.00343. The van der Waals surface area contributed by atoms with Gasteiger partial charge in [0.2, 0.25) is 11.8 Å². The van der Waals surface area contributed by atoms with Gasteiger partial charge in [-0.05, 0) is 18.6 Å². The van der Waals surface area contributed by atoms with Crippen LogP contribution in [0.1, 0.15) is 33.6 Å². The standard InChI is InChI=1S/C18H15N3O6/c1-2-8-20(9-14(23)24)11-5-3-4-10-15(11)18(27)21(17(10)26)12-6-7-13(22)19-16(12)25/h1,3-5,12H,6-9H2,(H,23,24)(H,19,22,25). The third-order valence-corrected chi connectivity index (χ3v) is 4.40. The number of nitrogens with zero attached hydrogens (tertiary/aromatic N) is 2. The summed E-state index contributed by atoms with van der Waals surface area (Å²) in [6.07, 6.45) is 5.34. The number of hydrogen-bond acceptors (Lipinski definition) is 6. The monoisotopic (exact) mass is 369 g/mol. The number of hydrogen-bond donors (Lipinski definition) is 2. The summed E-state index contributed by atoms with van der Waals surface area (Å²) in [6.45, 7) is -0.539. The first-order valence-electron chi connectivity index (χ1n) is 8.10. The van der Waals surface area contributed by atoms with Crippen LogP contribution in [0.4, 0.5) is 5.69 Å². The van der Waals surface area contributed by atoms with E-state index >= 15 is 0 Å². The maximum Gasteiger partial charge on any atom is 0.323 e. The summed E-state index contributed by atoms with van der Waals surface area (Å²) in [7, 11) is 0. The zero-order chi connectivity index (χ0) is 19.7. The van der Waals surface area contributed by atoms with Crippen LogP contribution in [0.3, 0.4) is 0 Å². The average Bonchev–Trinajstić information content (AvgIpc) is 2.86. The maximum atomic E-state index is 13.0. The molecule has 3 rings (SSSR count). The van der Waals surface area contributed by atoms with E-state index in [0.29, 0.717) is 0 Å². The third-order valence-electron chi connectivity index (χ3n) is 4.40. The Morgan fingerprint density at radius 3 is 2.67 bits per heavy atom. The van der Waals surface area contributed by atoms with E-state index in [1.807, 2.05) is 0 Å². The van der Waals surface area contributed by atoms with Crippen molar-refractivity contribution in [1.82, 2.24) is 10.2 Å². The average molecular weight is 369 g/mol. The van der Waals surface area contributed by atoms with E-state index in [0.717, 1.165) is 4.90 Å². The highest BCUT2D eigenvalue weighted by Gasteiger charge is 2.46. The first-order valence-corrected chi connectivity index (χ1v) is 8.10. The molecule has 4 amide bonds. The maximum absolute atomic E-state index is 13.0. The first-order chi connectivity index (χ1) is 12.8. The molecule has 1 saturated heterocycles. The van der Waals surface area contributed by atoms with Crippen molar-refractivity contribution in [2.45, 2.75) is 18.9 Å². The summed E-state index contributed by atoms with van der Waals surface area (Å²) in [5, 5.41) is 11.2. The number of rotatable bonds is 5. The second-order valence-corrected chi connectivity index (χ2v) is 6.10. The van der Waals surface area contributed by atoms with Crippen LogP contribution in [0, 0.1) is 12.3 Å². The van der Waals surface area contributed by atoms with E-state index in [4.69, 9.17) is 11.5 Å². The van der Waals surface area contributed by atoms with Gasteiger partial charge in [0, 0.05) is 6.42 Å². The highest BCUT2D eigenvalue weighted by Crippen LogP contribution is 2.34. The van der Waals surface area contributed by atoms with Gasteiger partial charge in [0.05, 0.1) is 23.4 Å². The fourth-order valence-electron chi connectivity index (χ4n) is 3.26. The molecule has 9 nitrogen and oxygen atoms in total.